The zero-order chi connectivity index (χ0) is 20.5. The predicted molar refractivity (Wildman–Crippen MR) is 115 cm³/mol. The van der Waals surface area contributed by atoms with E-state index in [2.05, 4.69) is 16.0 Å². The van der Waals surface area contributed by atoms with Crippen LogP contribution in [0, 0.1) is 0 Å². The number of methoxy groups -OCH3 is 1. The van der Waals surface area contributed by atoms with Gasteiger partial charge in [0.2, 0.25) is 5.91 Å². The smallest absolute Gasteiger partial charge is 0.253 e. The molecule has 6 nitrogen and oxygen atoms in total. The van der Waals surface area contributed by atoms with Crippen molar-refractivity contribution in [2.24, 2.45) is 0 Å². The summed E-state index contributed by atoms with van der Waals surface area (Å²) in [6.45, 7) is 3.76. The van der Waals surface area contributed by atoms with Crippen molar-refractivity contribution in [3.63, 3.8) is 0 Å². The zero-order valence-corrected chi connectivity index (χ0v) is 16.8. The fourth-order valence-corrected chi connectivity index (χ4v) is 2.62. The molecule has 0 fully saturated rings. The molecule has 2 aromatic rings. The number of nitrogens with one attached hydrogen (secondary N) is 3. The Balaban J connectivity index is 2.01. The molecular weight excluding hydrogens is 374 g/mol. The lowest BCUT2D eigenvalue weighted by Gasteiger charge is -2.14. The van der Waals surface area contributed by atoms with Crippen molar-refractivity contribution >= 4 is 40.9 Å². The highest BCUT2D eigenvalue weighted by atomic mass is 32.1. The van der Waals surface area contributed by atoms with Crippen molar-refractivity contribution in [1.29, 1.82) is 0 Å². The topological polar surface area (TPSA) is 79.5 Å². The van der Waals surface area contributed by atoms with Crippen LogP contribution in [0.3, 0.4) is 0 Å². The number of hydrogen-bond donors (Lipinski definition) is 3. The summed E-state index contributed by atoms with van der Waals surface area (Å²) in [6, 6.07) is 14.3. The quantitative estimate of drug-likeness (QED) is 0.515. The van der Waals surface area contributed by atoms with Gasteiger partial charge in [-0.25, -0.2) is 0 Å². The average Bonchev–Trinajstić information content (AvgIpc) is 2.66. The molecule has 2 aromatic carbocycles. The molecule has 2 amide bonds. The lowest BCUT2D eigenvalue weighted by Crippen LogP contribution is -2.34. The van der Waals surface area contributed by atoms with Crippen LogP contribution in [0.4, 0.5) is 5.69 Å². The monoisotopic (exact) mass is 397 g/mol. The molecule has 3 N–H and O–H groups in total. The number of amides is 2. The minimum atomic E-state index is -0.396. The van der Waals surface area contributed by atoms with Crippen LogP contribution in [0.25, 0.3) is 6.08 Å². The van der Waals surface area contributed by atoms with E-state index in [0.717, 1.165) is 5.56 Å². The Hall–Kier alpha value is -3.19. The van der Waals surface area contributed by atoms with Gasteiger partial charge in [0.1, 0.15) is 5.75 Å². The van der Waals surface area contributed by atoms with E-state index in [1.807, 2.05) is 38.1 Å². The molecule has 0 spiro atoms. The Morgan fingerprint density at radius 3 is 2.46 bits per heavy atom. The first kappa shape index (κ1) is 21.1. The molecular formula is C21H23N3O3S. The van der Waals surface area contributed by atoms with Crippen molar-refractivity contribution in [1.82, 2.24) is 10.6 Å². The Morgan fingerprint density at radius 2 is 1.75 bits per heavy atom. The SMILES string of the molecule is COc1ccccc1C=CC(=O)NC(=S)Nc1ccccc1C(=O)NC(C)C. The largest absolute Gasteiger partial charge is 0.496 e. The van der Waals surface area contributed by atoms with Gasteiger partial charge >= 0.3 is 0 Å². The van der Waals surface area contributed by atoms with Gasteiger partial charge in [-0.05, 0) is 50.3 Å². The van der Waals surface area contributed by atoms with Gasteiger partial charge in [-0.3, -0.25) is 14.9 Å². The molecule has 0 heterocycles. The van der Waals surface area contributed by atoms with E-state index in [4.69, 9.17) is 17.0 Å². The molecule has 0 atom stereocenters. The maximum absolute atomic E-state index is 12.3. The second-order valence-electron chi connectivity index (χ2n) is 6.19. The predicted octanol–water partition coefficient (Wildman–Crippen LogP) is 3.36. The van der Waals surface area contributed by atoms with Gasteiger partial charge < -0.3 is 15.4 Å². The number of rotatable bonds is 6. The van der Waals surface area contributed by atoms with E-state index >= 15 is 0 Å². The number of benzene rings is 2. The molecule has 2 rings (SSSR count). The van der Waals surface area contributed by atoms with E-state index in [9.17, 15) is 9.59 Å². The summed E-state index contributed by atoms with van der Waals surface area (Å²) in [7, 11) is 1.57. The standard InChI is InChI=1S/C21H23N3O3S/c1-14(2)22-20(26)16-9-5-6-10-17(16)23-21(28)24-19(25)13-12-15-8-4-7-11-18(15)27-3/h4-14H,1-3H3,(H,22,26)(H2,23,24,25,28). The van der Waals surface area contributed by atoms with Crippen LogP contribution in [0.15, 0.2) is 54.6 Å². The lowest BCUT2D eigenvalue weighted by atomic mass is 10.1. The van der Waals surface area contributed by atoms with Crippen molar-refractivity contribution < 1.29 is 14.3 Å². The molecule has 0 saturated heterocycles. The van der Waals surface area contributed by atoms with Gasteiger partial charge in [0, 0.05) is 17.7 Å². The maximum atomic E-state index is 12.3. The molecule has 7 heteroatoms. The Labute approximate surface area is 170 Å². The number of carbonyl (C=O) groups is 2. The molecule has 146 valence electrons. The average molecular weight is 398 g/mol. The molecule has 0 radical (unpaired) electrons. The second-order valence-corrected chi connectivity index (χ2v) is 6.60. The first-order valence-electron chi connectivity index (χ1n) is 8.73. The third-order valence-corrected chi connectivity index (χ3v) is 3.83. The van der Waals surface area contributed by atoms with Gasteiger partial charge in [0.05, 0.1) is 18.4 Å². The molecule has 0 aliphatic rings. The van der Waals surface area contributed by atoms with Gasteiger partial charge in [-0.15, -0.1) is 0 Å². The number of anilines is 1. The van der Waals surface area contributed by atoms with E-state index in [-0.39, 0.29) is 17.1 Å². The van der Waals surface area contributed by atoms with Crippen LogP contribution >= 0.6 is 12.2 Å². The van der Waals surface area contributed by atoms with E-state index < -0.39 is 5.91 Å². The third kappa shape index (κ3) is 6.21. The summed E-state index contributed by atoms with van der Waals surface area (Å²) in [4.78, 5) is 24.4. The second kappa shape index (κ2) is 10.2. The minimum Gasteiger partial charge on any atom is -0.496 e. The van der Waals surface area contributed by atoms with Crippen molar-refractivity contribution in [2.45, 2.75) is 19.9 Å². The van der Waals surface area contributed by atoms with E-state index in [1.54, 1.807) is 37.5 Å². The third-order valence-electron chi connectivity index (χ3n) is 3.63. The molecule has 0 unspecified atom stereocenters. The summed E-state index contributed by atoms with van der Waals surface area (Å²) in [5.41, 5.74) is 1.73. The Bertz CT molecular complexity index is 894. The van der Waals surface area contributed by atoms with Crippen molar-refractivity contribution in [2.75, 3.05) is 12.4 Å². The van der Waals surface area contributed by atoms with Crippen LogP contribution in [-0.4, -0.2) is 30.1 Å². The number of thiocarbonyl (C=S) groups is 1. The molecule has 0 bridgehead atoms. The number of para-hydroxylation sites is 2. The number of carbonyl (C=O) groups excluding carboxylic acids is 2. The first-order chi connectivity index (χ1) is 13.4. The molecule has 0 saturated carbocycles. The van der Waals surface area contributed by atoms with Gasteiger partial charge in [-0.2, -0.15) is 0 Å². The summed E-state index contributed by atoms with van der Waals surface area (Å²) in [5.74, 6) is 0.0492. The fraction of sp³-hybridized carbons (Fsp3) is 0.190. The van der Waals surface area contributed by atoms with Crippen LogP contribution < -0.4 is 20.7 Å². The lowest BCUT2D eigenvalue weighted by molar-refractivity contribution is -0.115. The zero-order valence-electron chi connectivity index (χ0n) is 16.0. The highest BCUT2D eigenvalue weighted by molar-refractivity contribution is 7.80. The minimum absolute atomic E-state index is 0.00678. The van der Waals surface area contributed by atoms with Crippen LogP contribution in [-0.2, 0) is 4.79 Å². The van der Waals surface area contributed by atoms with Gasteiger partial charge in [0.25, 0.3) is 5.91 Å². The fourth-order valence-electron chi connectivity index (χ4n) is 2.41. The summed E-state index contributed by atoms with van der Waals surface area (Å²) >= 11 is 5.19. The molecule has 0 aliphatic heterocycles. The van der Waals surface area contributed by atoms with Crippen molar-refractivity contribution in [3.05, 3.63) is 65.7 Å². The van der Waals surface area contributed by atoms with Crippen LogP contribution in [0.2, 0.25) is 0 Å². The summed E-state index contributed by atoms with van der Waals surface area (Å²) < 4.78 is 5.24. The first-order valence-corrected chi connectivity index (χ1v) is 9.14. The van der Waals surface area contributed by atoms with E-state index in [1.165, 1.54) is 6.08 Å². The Morgan fingerprint density at radius 1 is 1.07 bits per heavy atom. The van der Waals surface area contributed by atoms with Crippen LogP contribution in [0.5, 0.6) is 5.75 Å². The Kier molecular flexibility index (Phi) is 7.71. The maximum Gasteiger partial charge on any atom is 0.253 e. The van der Waals surface area contributed by atoms with E-state index in [0.29, 0.717) is 17.0 Å². The van der Waals surface area contributed by atoms with Crippen LogP contribution in [0.1, 0.15) is 29.8 Å². The summed E-state index contributed by atoms with van der Waals surface area (Å²) in [6.07, 6.45) is 3.00. The van der Waals surface area contributed by atoms with Crippen molar-refractivity contribution in [3.8, 4) is 5.75 Å². The molecule has 0 aromatic heterocycles. The molecule has 0 aliphatic carbocycles. The van der Waals surface area contributed by atoms with Gasteiger partial charge in [0.15, 0.2) is 5.11 Å². The normalized spacial score (nSPS) is 10.6. The highest BCUT2D eigenvalue weighted by Crippen LogP contribution is 2.18. The summed E-state index contributed by atoms with van der Waals surface area (Å²) in [5, 5.41) is 8.39. The number of hydrogen-bond acceptors (Lipinski definition) is 4. The molecule has 28 heavy (non-hydrogen) atoms. The van der Waals surface area contributed by atoms with Gasteiger partial charge in [-0.1, -0.05) is 30.3 Å². The highest BCUT2D eigenvalue weighted by Gasteiger charge is 2.13. The number of ether oxygens (including phenoxy) is 1.